The summed E-state index contributed by atoms with van der Waals surface area (Å²) in [6.07, 6.45) is 3.33. The van der Waals surface area contributed by atoms with Crippen LogP contribution in [0.3, 0.4) is 0 Å². The summed E-state index contributed by atoms with van der Waals surface area (Å²) in [5, 5.41) is 11.0. The molecule has 0 aliphatic rings. The summed E-state index contributed by atoms with van der Waals surface area (Å²) < 4.78 is 4.95. The van der Waals surface area contributed by atoms with Crippen LogP contribution < -0.4 is 10.2 Å². The molecular formula is C9H13N5O. The van der Waals surface area contributed by atoms with Crippen LogP contribution in [0.15, 0.2) is 23.0 Å². The quantitative estimate of drug-likeness (QED) is 0.785. The first kappa shape index (κ1) is 9.57. The third kappa shape index (κ3) is 2.28. The highest BCUT2D eigenvalue weighted by molar-refractivity contribution is 5.35. The molecule has 6 heteroatoms. The molecule has 2 aromatic heterocycles. The van der Waals surface area contributed by atoms with E-state index in [4.69, 9.17) is 4.42 Å². The number of aromatic amines is 1. The van der Waals surface area contributed by atoms with Gasteiger partial charge in [-0.1, -0.05) is 0 Å². The molecule has 2 rings (SSSR count). The predicted molar refractivity (Wildman–Crippen MR) is 56.7 cm³/mol. The third-order valence-corrected chi connectivity index (χ3v) is 1.94. The molecule has 80 valence electrons. The summed E-state index contributed by atoms with van der Waals surface area (Å²) in [4.78, 5) is 4.89. The highest BCUT2D eigenvalue weighted by atomic mass is 16.3. The van der Waals surface area contributed by atoms with Crippen LogP contribution in [0, 0.1) is 0 Å². The number of aromatic nitrogens is 3. The molecule has 0 aliphatic heterocycles. The Labute approximate surface area is 87.3 Å². The number of hydrogen-bond acceptors (Lipinski definition) is 5. The molecule has 0 aliphatic carbocycles. The summed E-state index contributed by atoms with van der Waals surface area (Å²) in [5.74, 6) is 1.38. The van der Waals surface area contributed by atoms with Crippen molar-refractivity contribution >= 4 is 11.9 Å². The summed E-state index contributed by atoms with van der Waals surface area (Å²) >= 11 is 0. The van der Waals surface area contributed by atoms with Gasteiger partial charge in [0.05, 0.1) is 12.5 Å². The molecule has 0 fully saturated rings. The first-order valence-electron chi connectivity index (χ1n) is 4.60. The van der Waals surface area contributed by atoms with Gasteiger partial charge in [0.15, 0.2) is 0 Å². The van der Waals surface area contributed by atoms with E-state index >= 15 is 0 Å². The molecule has 0 saturated heterocycles. The zero-order valence-corrected chi connectivity index (χ0v) is 8.69. The topological polar surface area (TPSA) is 70.0 Å². The lowest BCUT2D eigenvalue weighted by molar-refractivity contribution is 0.564. The van der Waals surface area contributed by atoms with Gasteiger partial charge >= 0.3 is 0 Å². The number of hydrogen-bond donors (Lipinski definition) is 2. The molecule has 6 nitrogen and oxygen atoms in total. The molecule has 0 saturated carbocycles. The fraction of sp³-hybridized carbons (Fsp3) is 0.333. The molecule has 0 spiro atoms. The Balaban J connectivity index is 1.94. The van der Waals surface area contributed by atoms with Crippen molar-refractivity contribution in [3.05, 3.63) is 24.2 Å². The van der Waals surface area contributed by atoms with Gasteiger partial charge in [-0.2, -0.15) is 0 Å². The molecule has 0 bridgehead atoms. The summed E-state index contributed by atoms with van der Waals surface area (Å²) in [7, 11) is 3.81. The Morgan fingerprint density at radius 1 is 1.47 bits per heavy atom. The fourth-order valence-corrected chi connectivity index (χ4v) is 1.11. The van der Waals surface area contributed by atoms with Crippen LogP contribution in [0.2, 0.25) is 0 Å². The lowest BCUT2D eigenvalue weighted by Gasteiger charge is -2.05. The smallest absolute Gasteiger partial charge is 0.225 e. The third-order valence-electron chi connectivity index (χ3n) is 1.94. The Kier molecular flexibility index (Phi) is 2.57. The first-order chi connectivity index (χ1) is 7.25. The van der Waals surface area contributed by atoms with E-state index in [9.17, 15) is 0 Å². The van der Waals surface area contributed by atoms with E-state index < -0.39 is 0 Å². The van der Waals surface area contributed by atoms with Crippen molar-refractivity contribution in [3.8, 4) is 0 Å². The van der Waals surface area contributed by atoms with Crippen LogP contribution in [0.4, 0.5) is 11.9 Å². The van der Waals surface area contributed by atoms with Gasteiger partial charge in [0, 0.05) is 26.2 Å². The van der Waals surface area contributed by atoms with E-state index in [0.717, 1.165) is 11.5 Å². The average molecular weight is 207 g/mol. The van der Waals surface area contributed by atoms with Crippen LogP contribution >= 0.6 is 0 Å². The number of nitrogens with zero attached hydrogens (tertiary/aromatic N) is 3. The number of furan rings is 1. The fourth-order valence-electron chi connectivity index (χ4n) is 1.11. The van der Waals surface area contributed by atoms with Gasteiger partial charge in [-0.25, -0.2) is 0 Å². The highest BCUT2D eigenvalue weighted by Gasteiger charge is 2.03. The maximum atomic E-state index is 4.95. The SMILES string of the molecule is CN(C)c1nnc(NCc2ccoc2)[nH]1. The molecule has 15 heavy (non-hydrogen) atoms. The second-order valence-electron chi connectivity index (χ2n) is 3.38. The summed E-state index contributed by atoms with van der Waals surface area (Å²) in [6.45, 7) is 0.665. The van der Waals surface area contributed by atoms with Crippen molar-refractivity contribution in [2.45, 2.75) is 6.54 Å². The zero-order chi connectivity index (χ0) is 10.7. The number of nitrogens with one attached hydrogen (secondary N) is 2. The standard InChI is InChI=1S/C9H13N5O/c1-14(2)9-11-8(12-13-9)10-5-7-3-4-15-6-7/h3-4,6H,5H2,1-2H3,(H2,10,11,12,13). The first-order valence-corrected chi connectivity index (χ1v) is 4.60. The van der Waals surface area contributed by atoms with Crippen molar-refractivity contribution in [1.29, 1.82) is 0 Å². The maximum Gasteiger partial charge on any atom is 0.225 e. The Bertz CT molecular complexity index is 406. The van der Waals surface area contributed by atoms with Crippen molar-refractivity contribution in [2.75, 3.05) is 24.3 Å². The molecule has 0 amide bonds. The lowest BCUT2D eigenvalue weighted by atomic mass is 10.3. The monoisotopic (exact) mass is 207 g/mol. The second-order valence-corrected chi connectivity index (χ2v) is 3.38. The lowest BCUT2D eigenvalue weighted by Crippen LogP contribution is -2.10. The number of H-pyrrole nitrogens is 1. The van der Waals surface area contributed by atoms with Crippen molar-refractivity contribution in [1.82, 2.24) is 15.2 Å². The Morgan fingerprint density at radius 3 is 2.93 bits per heavy atom. The van der Waals surface area contributed by atoms with Gasteiger partial charge in [-0.3, -0.25) is 4.98 Å². The van der Waals surface area contributed by atoms with E-state index in [2.05, 4.69) is 20.5 Å². The summed E-state index contributed by atoms with van der Waals surface area (Å²) in [5.41, 5.74) is 1.07. The van der Waals surface area contributed by atoms with E-state index in [0.29, 0.717) is 12.5 Å². The minimum Gasteiger partial charge on any atom is -0.472 e. The molecule has 0 unspecified atom stereocenters. The van der Waals surface area contributed by atoms with Gasteiger partial charge in [0.2, 0.25) is 11.9 Å². The Hall–Kier alpha value is -1.98. The highest BCUT2D eigenvalue weighted by Crippen LogP contribution is 2.07. The Morgan fingerprint density at radius 2 is 2.33 bits per heavy atom. The minimum absolute atomic E-state index is 0.653. The van der Waals surface area contributed by atoms with Crippen LogP contribution in [0.1, 0.15) is 5.56 Å². The minimum atomic E-state index is 0.653. The van der Waals surface area contributed by atoms with E-state index in [-0.39, 0.29) is 0 Å². The predicted octanol–water partition coefficient (Wildman–Crippen LogP) is 1.08. The van der Waals surface area contributed by atoms with Gasteiger partial charge in [-0.05, 0) is 6.07 Å². The molecule has 2 N–H and O–H groups in total. The van der Waals surface area contributed by atoms with Crippen molar-refractivity contribution < 1.29 is 4.42 Å². The normalized spacial score (nSPS) is 10.3. The molecule has 0 aromatic carbocycles. The van der Waals surface area contributed by atoms with E-state index in [1.54, 1.807) is 12.5 Å². The molecule has 0 radical (unpaired) electrons. The molecule has 2 heterocycles. The van der Waals surface area contributed by atoms with Gasteiger partial charge in [0.25, 0.3) is 0 Å². The molecule has 0 atom stereocenters. The second kappa shape index (κ2) is 4.04. The maximum absolute atomic E-state index is 4.95. The van der Waals surface area contributed by atoms with Gasteiger partial charge in [-0.15, -0.1) is 10.2 Å². The summed E-state index contributed by atoms with van der Waals surface area (Å²) in [6, 6.07) is 1.90. The van der Waals surface area contributed by atoms with E-state index in [1.165, 1.54) is 0 Å². The molecule has 2 aromatic rings. The number of rotatable bonds is 4. The van der Waals surface area contributed by atoms with Crippen molar-refractivity contribution in [3.63, 3.8) is 0 Å². The largest absolute Gasteiger partial charge is 0.472 e. The number of anilines is 2. The van der Waals surface area contributed by atoms with Crippen LogP contribution in [-0.2, 0) is 6.54 Å². The average Bonchev–Trinajstić information content (AvgIpc) is 2.86. The van der Waals surface area contributed by atoms with Crippen LogP contribution in [-0.4, -0.2) is 29.3 Å². The van der Waals surface area contributed by atoms with Crippen LogP contribution in [0.25, 0.3) is 0 Å². The van der Waals surface area contributed by atoms with Crippen LogP contribution in [0.5, 0.6) is 0 Å². The van der Waals surface area contributed by atoms with Gasteiger partial charge in [0.1, 0.15) is 0 Å². The zero-order valence-electron chi connectivity index (χ0n) is 8.69. The van der Waals surface area contributed by atoms with Gasteiger partial charge < -0.3 is 14.6 Å². The van der Waals surface area contributed by atoms with Crippen molar-refractivity contribution in [2.24, 2.45) is 0 Å². The molecular weight excluding hydrogens is 194 g/mol. The van der Waals surface area contributed by atoms with E-state index in [1.807, 2.05) is 25.1 Å².